The number of hydrogen-bond acceptors (Lipinski definition) is 6. The van der Waals surface area contributed by atoms with Crippen molar-refractivity contribution in [3.8, 4) is 11.6 Å². The van der Waals surface area contributed by atoms with Gasteiger partial charge in [0.05, 0.1) is 10.6 Å². The molecule has 0 saturated heterocycles. The molecule has 4 rings (SSSR count). The van der Waals surface area contributed by atoms with E-state index in [1.165, 1.54) is 6.33 Å². The van der Waals surface area contributed by atoms with E-state index < -0.39 is 4.92 Å². The second-order valence-electron chi connectivity index (χ2n) is 6.95. The predicted octanol–water partition coefficient (Wildman–Crippen LogP) is 6.05. The number of fused-ring (bicyclic) bond motifs is 1. The fourth-order valence-corrected chi connectivity index (χ4v) is 3.57. The van der Waals surface area contributed by atoms with Gasteiger partial charge < -0.3 is 9.64 Å². The smallest absolute Gasteiger partial charge is 0.373 e. The van der Waals surface area contributed by atoms with Crippen LogP contribution in [0.2, 0.25) is 0 Å². The zero-order valence-electron chi connectivity index (χ0n) is 17.4. The van der Waals surface area contributed by atoms with Gasteiger partial charge in [0.15, 0.2) is 0 Å². The molecule has 0 aliphatic carbocycles. The van der Waals surface area contributed by atoms with Crippen molar-refractivity contribution in [3.05, 3.63) is 88.7 Å². The van der Waals surface area contributed by atoms with Crippen LogP contribution < -0.4 is 9.64 Å². The van der Waals surface area contributed by atoms with Gasteiger partial charge >= 0.3 is 11.6 Å². The molecule has 0 aliphatic heterocycles. The van der Waals surface area contributed by atoms with E-state index in [0.29, 0.717) is 12.3 Å². The lowest BCUT2D eigenvalue weighted by Gasteiger charge is -2.23. The molecule has 1 aromatic heterocycles. The van der Waals surface area contributed by atoms with Crippen molar-refractivity contribution in [1.29, 1.82) is 0 Å². The molecule has 156 valence electrons. The lowest BCUT2D eigenvalue weighted by Crippen LogP contribution is -2.19. The van der Waals surface area contributed by atoms with E-state index >= 15 is 0 Å². The van der Waals surface area contributed by atoms with Gasteiger partial charge in [0.2, 0.25) is 5.82 Å². The summed E-state index contributed by atoms with van der Waals surface area (Å²) in [4.78, 5) is 21.7. The summed E-state index contributed by atoms with van der Waals surface area (Å²) in [5.74, 6) is 0.593. The third-order valence-electron chi connectivity index (χ3n) is 5.13. The number of aryl methyl sites for hydroxylation is 1. The first-order chi connectivity index (χ1) is 15.1. The SMILES string of the molecule is CCc1ccc(Oc2ncnc(N(CC)c3cccc4ccccc34)c2[N+](=O)[O-])cc1. The van der Waals surface area contributed by atoms with Crippen LogP contribution in [-0.2, 0) is 6.42 Å². The van der Waals surface area contributed by atoms with Crippen LogP contribution >= 0.6 is 0 Å². The minimum absolute atomic E-state index is 0.0852. The highest BCUT2D eigenvalue weighted by Crippen LogP contribution is 2.40. The summed E-state index contributed by atoms with van der Waals surface area (Å²) < 4.78 is 5.81. The molecule has 3 aromatic carbocycles. The van der Waals surface area contributed by atoms with Gasteiger partial charge in [-0.1, -0.05) is 55.5 Å². The van der Waals surface area contributed by atoms with Crippen LogP contribution in [0.5, 0.6) is 11.6 Å². The highest BCUT2D eigenvalue weighted by atomic mass is 16.6. The van der Waals surface area contributed by atoms with E-state index in [1.807, 2.05) is 66.4 Å². The number of hydrogen-bond donors (Lipinski definition) is 0. The molecule has 4 aromatic rings. The number of rotatable bonds is 7. The van der Waals surface area contributed by atoms with E-state index in [4.69, 9.17) is 4.74 Å². The molecule has 0 saturated carbocycles. The molecule has 0 atom stereocenters. The number of benzene rings is 3. The number of anilines is 2. The Labute approximate surface area is 180 Å². The Morgan fingerprint density at radius 2 is 1.71 bits per heavy atom. The Morgan fingerprint density at radius 1 is 0.968 bits per heavy atom. The van der Waals surface area contributed by atoms with E-state index in [1.54, 1.807) is 12.1 Å². The Bertz CT molecular complexity index is 1220. The fourth-order valence-electron chi connectivity index (χ4n) is 3.57. The van der Waals surface area contributed by atoms with Crippen LogP contribution in [0.3, 0.4) is 0 Å². The van der Waals surface area contributed by atoms with Crippen molar-refractivity contribution in [1.82, 2.24) is 9.97 Å². The summed E-state index contributed by atoms with van der Waals surface area (Å²) >= 11 is 0. The summed E-state index contributed by atoms with van der Waals surface area (Å²) in [6.07, 6.45) is 2.19. The highest BCUT2D eigenvalue weighted by molar-refractivity contribution is 5.96. The lowest BCUT2D eigenvalue weighted by atomic mass is 10.1. The maximum absolute atomic E-state index is 12.1. The van der Waals surface area contributed by atoms with E-state index in [0.717, 1.165) is 28.4 Å². The standard InChI is InChI=1S/C24H22N4O3/c1-3-17-12-14-19(15-13-17)31-24-22(28(29)30)23(25-16-26-24)27(4-2)21-11-7-9-18-8-5-6-10-20(18)21/h5-16H,3-4H2,1-2H3. The molecule has 1 heterocycles. The van der Waals surface area contributed by atoms with Crippen molar-refractivity contribution in [2.45, 2.75) is 20.3 Å². The second kappa shape index (κ2) is 8.79. The minimum atomic E-state index is -0.487. The average Bonchev–Trinajstić information content (AvgIpc) is 2.80. The van der Waals surface area contributed by atoms with Gasteiger partial charge in [0.25, 0.3) is 0 Å². The molecule has 0 spiro atoms. The molecule has 0 radical (unpaired) electrons. The third-order valence-corrected chi connectivity index (χ3v) is 5.13. The number of ether oxygens (including phenoxy) is 1. The predicted molar refractivity (Wildman–Crippen MR) is 121 cm³/mol. The van der Waals surface area contributed by atoms with E-state index in [9.17, 15) is 10.1 Å². The van der Waals surface area contributed by atoms with Crippen molar-refractivity contribution < 1.29 is 9.66 Å². The Kier molecular flexibility index (Phi) is 5.75. The van der Waals surface area contributed by atoms with Crippen molar-refractivity contribution in [2.24, 2.45) is 0 Å². The number of aromatic nitrogens is 2. The first kappa shape index (κ1) is 20.3. The summed E-state index contributed by atoms with van der Waals surface area (Å²) in [7, 11) is 0. The molecular formula is C24H22N4O3. The van der Waals surface area contributed by atoms with Crippen LogP contribution in [0.4, 0.5) is 17.2 Å². The Balaban J connectivity index is 1.81. The molecule has 0 amide bonds. The summed E-state index contributed by atoms with van der Waals surface area (Å²) in [5.41, 5.74) is 1.72. The quantitative estimate of drug-likeness (QED) is 0.270. The molecule has 31 heavy (non-hydrogen) atoms. The van der Waals surface area contributed by atoms with Crippen LogP contribution in [0.15, 0.2) is 73.1 Å². The lowest BCUT2D eigenvalue weighted by molar-refractivity contribution is -0.385. The van der Waals surface area contributed by atoms with E-state index in [-0.39, 0.29) is 17.4 Å². The van der Waals surface area contributed by atoms with Gasteiger partial charge in [0, 0.05) is 11.9 Å². The van der Waals surface area contributed by atoms with Crippen LogP contribution in [0.25, 0.3) is 10.8 Å². The minimum Gasteiger partial charge on any atom is -0.434 e. The van der Waals surface area contributed by atoms with Gasteiger partial charge in [0.1, 0.15) is 12.1 Å². The molecule has 0 unspecified atom stereocenters. The van der Waals surface area contributed by atoms with Crippen molar-refractivity contribution in [3.63, 3.8) is 0 Å². The van der Waals surface area contributed by atoms with Crippen molar-refractivity contribution in [2.75, 3.05) is 11.4 Å². The Morgan fingerprint density at radius 3 is 2.42 bits per heavy atom. The third kappa shape index (κ3) is 4.02. The monoisotopic (exact) mass is 414 g/mol. The number of nitro groups is 1. The highest BCUT2D eigenvalue weighted by Gasteiger charge is 2.29. The van der Waals surface area contributed by atoms with Gasteiger partial charge in [-0.2, -0.15) is 4.98 Å². The normalized spacial score (nSPS) is 10.8. The van der Waals surface area contributed by atoms with Crippen LogP contribution in [-0.4, -0.2) is 21.4 Å². The maximum atomic E-state index is 12.1. The molecule has 7 heteroatoms. The van der Waals surface area contributed by atoms with E-state index in [2.05, 4.69) is 16.9 Å². The van der Waals surface area contributed by atoms with Crippen molar-refractivity contribution >= 4 is 28.0 Å². The topological polar surface area (TPSA) is 81.4 Å². The van der Waals surface area contributed by atoms with Gasteiger partial charge in [-0.3, -0.25) is 10.1 Å². The zero-order chi connectivity index (χ0) is 21.8. The van der Waals surface area contributed by atoms with Crippen LogP contribution in [0.1, 0.15) is 19.4 Å². The zero-order valence-corrected chi connectivity index (χ0v) is 17.4. The molecule has 0 fully saturated rings. The number of nitrogens with zero attached hydrogens (tertiary/aromatic N) is 4. The maximum Gasteiger partial charge on any atom is 0.373 e. The molecule has 0 N–H and O–H groups in total. The van der Waals surface area contributed by atoms with Gasteiger partial charge in [-0.15, -0.1) is 0 Å². The second-order valence-corrected chi connectivity index (χ2v) is 6.95. The molecule has 7 nitrogen and oxygen atoms in total. The summed E-state index contributed by atoms with van der Waals surface area (Å²) in [6.45, 7) is 4.47. The first-order valence-electron chi connectivity index (χ1n) is 10.1. The molecule has 0 aliphatic rings. The largest absolute Gasteiger partial charge is 0.434 e. The van der Waals surface area contributed by atoms with Gasteiger partial charge in [-0.05, 0) is 42.5 Å². The fraction of sp³-hybridized carbons (Fsp3) is 0.167. The molecule has 0 bridgehead atoms. The Hall–Kier alpha value is -4.00. The molecular weight excluding hydrogens is 392 g/mol. The average molecular weight is 414 g/mol. The first-order valence-corrected chi connectivity index (χ1v) is 10.1. The summed E-state index contributed by atoms with van der Waals surface area (Å²) in [5, 5.41) is 14.1. The van der Waals surface area contributed by atoms with Gasteiger partial charge in [-0.25, -0.2) is 4.98 Å². The summed E-state index contributed by atoms with van der Waals surface area (Å²) in [6, 6.07) is 21.2. The van der Waals surface area contributed by atoms with Crippen LogP contribution in [0, 0.1) is 10.1 Å².